The van der Waals surface area contributed by atoms with Crippen molar-refractivity contribution in [2.75, 3.05) is 0 Å². The van der Waals surface area contributed by atoms with Crippen LogP contribution in [0.4, 0.5) is 0 Å². The molecular weight excluding hydrogens is 82.0 g/mol. The van der Waals surface area contributed by atoms with Gasteiger partial charge in [-0.05, 0) is 6.92 Å². The standard InChI is InChI=1S/C2H4O2.CH3N/c1-2(3)4;1-2/h1H3,(H,3,4);2H,1H2. The highest BCUT2D eigenvalue weighted by Gasteiger charge is 1.46. The molecule has 6 heavy (non-hydrogen) atoms. The lowest BCUT2D eigenvalue weighted by molar-refractivity contribution is -0.302. The monoisotopic (exact) mass is 89.0 g/mol. The number of hydrogen-bond acceptors (Lipinski definition) is 2. The van der Waals surface area contributed by atoms with E-state index in [-0.39, 0.29) is 0 Å². The Kier molecular flexibility index (Phi) is 13.3. The van der Waals surface area contributed by atoms with E-state index in [1.807, 2.05) is 0 Å². The Bertz CT molecular complexity index is 40.1. The molecule has 0 radical (unpaired) electrons. The molecule has 0 aliphatic rings. The van der Waals surface area contributed by atoms with E-state index in [2.05, 4.69) is 12.1 Å². The average Bonchev–Trinajstić information content (AvgIpc) is 1.41. The number of rotatable bonds is 0. The highest BCUT2D eigenvalue weighted by Crippen LogP contribution is 1.31. The summed E-state index contributed by atoms with van der Waals surface area (Å²) in [6.07, 6.45) is 0. The van der Waals surface area contributed by atoms with Crippen LogP contribution in [0.1, 0.15) is 6.92 Å². The Hall–Kier alpha value is -0.860. The molecular formula is C3H7NO2. The summed E-state index contributed by atoms with van der Waals surface area (Å²) in [6.45, 7) is 3.72. The van der Waals surface area contributed by atoms with Crippen molar-refractivity contribution in [3.05, 3.63) is 0 Å². The van der Waals surface area contributed by atoms with Crippen LogP contribution in [-0.4, -0.2) is 12.7 Å². The molecule has 0 aromatic rings. The van der Waals surface area contributed by atoms with Crippen LogP contribution < -0.4 is 10.5 Å². The Balaban J connectivity index is 0. The van der Waals surface area contributed by atoms with E-state index in [9.17, 15) is 0 Å². The minimum Gasteiger partial charge on any atom is -0.550 e. The Morgan fingerprint density at radius 3 is 1.83 bits per heavy atom. The van der Waals surface area contributed by atoms with Crippen molar-refractivity contribution in [2.45, 2.75) is 6.92 Å². The third-order valence-electron chi connectivity index (χ3n) is 0. The van der Waals surface area contributed by atoms with Crippen LogP contribution in [0.5, 0.6) is 0 Å². The fourth-order valence-electron chi connectivity index (χ4n) is 0. The number of hydrogen-bond donors (Lipinski definition) is 1. The second-order valence-corrected chi connectivity index (χ2v) is 0.492. The largest absolute Gasteiger partial charge is 0.550 e. The van der Waals surface area contributed by atoms with Crippen molar-refractivity contribution in [2.24, 2.45) is 0 Å². The summed E-state index contributed by atoms with van der Waals surface area (Å²) < 4.78 is 0. The van der Waals surface area contributed by atoms with Crippen molar-refractivity contribution in [1.29, 1.82) is 0 Å². The lowest BCUT2D eigenvalue weighted by atomic mass is 10.9. The van der Waals surface area contributed by atoms with Gasteiger partial charge in [0.1, 0.15) is 6.72 Å². The van der Waals surface area contributed by atoms with Gasteiger partial charge in [-0.2, -0.15) is 0 Å². The summed E-state index contributed by atoms with van der Waals surface area (Å²) in [5.74, 6) is -1.08. The molecule has 3 nitrogen and oxygen atoms in total. The molecule has 0 unspecified atom stereocenters. The third-order valence-corrected chi connectivity index (χ3v) is 0. The highest BCUT2D eigenvalue weighted by atomic mass is 16.4. The summed E-state index contributed by atoms with van der Waals surface area (Å²) in [5.41, 5.74) is 0. The molecule has 36 valence electrons. The molecule has 0 aliphatic heterocycles. The Morgan fingerprint density at radius 1 is 1.83 bits per heavy atom. The van der Waals surface area contributed by atoms with Crippen LogP contribution >= 0.6 is 0 Å². The molecule has 0 atom stereocenters. The van der Waals surface area contributed by atoms with Crippen molar-refractivity contribution >= 4 is 12.7 Å². The van der Waals surface area contributed by atoms with E-state index >= 15 is 0 Å². The van der Waals surface area contributed by atoms with Gasteiger partial charge in [0, 0.05) is 5.97 Å². The van der Waals surface area contributed by atoms with E-state index in [0.29, 0.717) is 0 Å². The SMILES string of the molecule is C=[NH2+].CC(=O)[O-]. The summed E-state index contributed by atoms with van der Waals surface area (Å²) in [5, 5.41) is 13.1. The van der Waals surface area contributed by atoms with E-state index in [1.165, 1.54) is 0 Å². The fraction of sp³-hybridized carbons (Fsp3) is 0.333. The van der Waals surface area contributed by atoms with Crippen LogP contribution in [0.25, 0.3) is 0 Å². The predicted octanol–water partition coefficient (Wildman–Crippen LogP) is -2.80. The van der Waals surface area contributed by atoms with E-state index < -0.39 is 5.97 Å². The molecule has 0 fully saturated rings. The number of carboxylic acids is 1. The summed E-state index contributed by atoms with van der Waals surface area (Å²) in [4.78, 5) is 8.89. The van der Waals surface area contributed by atoms with Crippen LogP contribution in [0, 0.1) is 0 Å². The lowest BCUT2D eigenvalue weighted by Gasteiger charge is -1.77. The number of carbonyl (C=O) groups excluding carboxylic acids is 1. The molecule has 0 amide bonds. The third kappa shape index (κ3) is 19.4. The zero-order chi connectivity index (χ0) is 5.58. The van der Waals surface area contributed by atoms with E-state index in [4.69, 9.17) is 9.90 Å². The van der Waals surface area contributed by atoms with Gasteiger partial charge in [-0.3, -0.25) is 5.41 Å². The van der Waals surface area contributed by atoms with Gasteiger partial charge in [-0.25, -0.2) is 0 Å². The van der Waals surface area contributed by atoms with Gasteiger partial charge in [0.2, 0.25) is 0 Å². The molecule has 0 rings (SSSR count). The fourth-order valence-corrected chi connectivity index (χ4v) is 0. The van der Waals surface area contributed by atoms with Gasteiger partial charge in [0.05, 0.1) is 0 Å². The molecule has 0 heterocycles. The van der Waals surface area contributed by atoms with Gasteiger partial charge >= 0.3 is 0 Å². The quantitative estimate of drug-likeness (QED) is 0.326. The Morgan fingerprint density at radius 2 is 1.83 bits per heavy atom. The average molecular weight is 89.1 g/mol. The molecule has 0 saturated carbocycles. The smallest absolute Gasteiger partial charge is 0.123 e. The molecule has 0 aromatic carbocycles. The normalized spacial score (nSPS) is 4.83. The Labute approximate surface area is 36.1 Å². The van der Waals surface area contributed by atoms with Crippen LogP contribution in [0.3, 0.4) is 0 Å². The van der Waals surface area contributed by atoms with Gasteiger partial charge in [-0.1, -0.05) is 0 Å². The summed E-state index contributed by atoms with van der Waals surface area (Å²) in [6, 6.07) is 0. The number of carbonyl (C=O) groups is 1. The van der Waals surface area contributed by atoms with E-state index in [1.54, 1.807) is 0 Å². The van der Waals surface area contributed by atoms with Crippen LogP contribution in [0.15, 0.2) is 0 Å². The maximum Gasteiger partial charge on any atom is 0.123 e. The topological polar surface area (TPSA) is 65.7 Å². The molecule has 2 N–H and O–H groups in total. The first-order chi connectivity index (χ1) is 2.73. The lowest BCUT2D eigenvalue weighted by Crippen LogP contribution is -2.21. The molecule has 0 spiro atoms. The predicted molar refractivity (Wildman–Crippen MR) is 19.7 cm³/mol. The second-order valence-electron chi connectivity index (χ2n) is 0.492. The minimum absolute atomic E-state index is 0.972. The molecule has 3 heteroatoms. The molecule has 0 aliphatic carbocycles. The van der Waals surface area contributed by atoms with Crippen molar-refractivity contribution < 1.29 is 15.3 Å². The number of nitrogens with two attached hydrogens (primary N) is 1. The first-order valence-corrected chi connectivity index (χ1v) is 1.32. The first kappa shape index (κ1) is 8.94. The highest BCUT2D eigenvalue weighted by molar-refractivity contribution is 5.60. The van der Waals surface area contributed by atoms with Crippen molar-refractivity contribution in [1.82, 2.24) is 0 Å². The zero-order valence-corrected chi connectivity index (χ0v) is 3.60. The molecule has 0 bridgehead atoms. The van der Waals surface area contributed by atoms with Crippen LogP contribution in [-0.2, 0) is 4.79 Å². The maximum atomic E-state index is 8.89. The van der Waals surface area contributed by atoms with Crippen molar-refractivity contribution in [3.63, 3.8) is 0 Å². The zero-order valence-electron chi connectivity index (χ0n) is 3.60. The minimum atomic E-state index is -1.08. The van der Waals surface area contributed by atoms with E-state index in [0.717, 1.165) is 6.92 Å². The van der Waals surface area contributed by atoms with Crippen LogP contribution in [0.2, 0.25) is 0 Å². The van der Waals surface area contributed by atoms with Gasteiger partial charge in [-0.15, -0.1) is 0 Å². The summed E-state index contributed by atoms with van der Waals surface area (Å²) >= 11 is 0. The molecule has 0 aromatic heterocycles. The first-order valence-electron chi connectivity index (χ1n) is 1.32. The summed E-state index contributed by atoms with van der Waals surface area (Å²) in [7, 11) is 0. The van der Waals surface area contributed by atoms with Gasteiger partial charge in [0.25, 0.3) is 0 Å². The van der Waals surface area contributed by atoms with Gasteiger partial charge < -0.3 is 9.90 Å². The second kappa shape index (κ2) is 8.91. The van der Waals surface area contributed by atoms with Crippen molar-refractivity contribution in [3.8, 4) is 0 Å². The number of aliphatic carboxylic acids is 1. The molecule has 0 saturated heterocycles. The maximum absolute atomic E-state index is 8.89. The number of carboxylic acid groups (broad SMARTS) is 1. The van der Waals surface area contributed by atoms with Gasteiger partial charge in [0.15, 0.2) is 0 Å².